The topological polar surface area (TPSA) is 84.3 Å². The molecule has 1 aromatic rings. The standard InChI is InChI=1S/C13H18ClN3O3/c1-3-15-9(2)8-16-13(18)6-10-4-5-11(17(19)20)7-12(10)14/h4-5,7,9,15H,3,6,8H2,1-2H3,(H,16,18)/t9-/m1/s1. The predicted molar refractivity (Wildman–Crippen MR) is 78.0 cm³/mol. The van der Waals surface area contributed by atoms with E-state index in [2.05, 4.69) is 10.6 Å². The van der Waals surface area contributed by atoms with Crippen molar-refractivity contribution in [3.63, 3.8) is 0 Å². The molecule has 110 valence electrons. The Morgan fingerprint density at radius 1 is 1.50 bits per heavy atom. The molecule has 0 unspecified atom stereocenters. The van der Waals surface area contributed by atoms with Crippen LogP contribution in [0.2, 0.25) is 5.02 Å². The van der Waals surface area contributed by atoms with Crippen LogP contribution in [0.5, 0.6) is 0 Å². The molecule has 1 rings (SSSR count). The highest BCUT2D eigenvalue weighted by Crippen LogP contribution is 2.22. The monoisotopic (exact) mass is 299 g/mol. The van der Waals surface area contributed by atoms with E-state index >= 15 is 0 Å². The van der Waals surface area contributed by atoms with Crippen molar-refractivity contribution < 1.29 is 9.72 Å². The van der Waals surface area contributed by atoms with Crippen LogP contribution < -0.4 is 10.6 Å². The zero-order chi connectivity index (χ0) is 15.1. The Bertz CT molecular complexity index is 494. The first-order valence-electron chi connectivity index (χ1n) is 6.37. The number of rotatable bonds is 7. The average Bonchev–Trinajstić information content (AvgIpc) is 2.39. The number of benzene rings is 1. The summed E-state index contributed by atoms with van der Waals surface area (Å²) in [6.07, 6.45) is 0.107. The molecule has 20 heavy (non-hydrogen) atoms. The van der Waals surface area contributed by atoms with Crippen molar-refractivity contribution in [1.29, 1.82) is 0 Å². The first-order valence-corrected chi connectivity index (χ1v) is 6.74. The maximum atomic E-state index is 11.8. The molecule has 0 bridgehead atoms. The number of nitro groups is 1. The third-order valence-electron chi connectivity index (χ3n) is 2.76. The number of nitrogens with one attached hydrogen (secondary N) is 2. The maximum absolute atomic E-state index is 11.8. The molecule has 1 amide bonds. The number of carbonyl (C=O) groups excluding carboxylic acids is 1. The average molecular weight is 300 g/mol. The lowest BCUT2D eigenvalue weighted by atomic mass is 10.1. The van der Waals surface area contributed by atoms with Gasteiger partial charge in [-0.15, -0.1) is 0 Å². The normalized spacial score (nSPS) is 11.9. The third-order valence-corrected chi connectivity index (χ3v) is 3.11. The van der Waals surface area contributed by atoms with Gasteiger partial charge in [-0.3, -0.25) is 14.9 Å². The number of carbonyl (C=O) groups is 1. The number of halogens is 1. The first kappa shape index (κ1) is 16.4. The van der Waals surface area contributed by atoms with Crippen LogP contribution in [0.1, 0.15) is 19.4 Å². The minimum Gasteiger partial charge on any atom is -0.354 e. The lowest BCUT2D eigenvalue weighted by Gasteiger charge is -2.13. The van der Waals surface area contributed by atoms with E-state index in [4.69, 9.17) is 11.6 Å². The minimum absolute atomic E-state index is 0.0834. The van der Waals surface area contributed by atoms with Gasteiger partial charge in [0.15, 0.2) is 0 Å². The number of non-ortho nitro benzene ring substituents is 1. The van der Waals surface area contributed by atoms with Gasteiger partial charge >= 0.3 is 0 Å². The Morgan fingerprint density at radius 2 is 2.20 bits per heavy atom. The molecule has 1 aromatic carbocycles. The Hall–Kier alpha value is -1.66. The number of hydrogen-bond donors (Lipinski definition) is 2. The van der Waals surface area contributed by atoms with Gasteiger partial charge in [0, 0.05) is 24.7 Å². The molecule has 0 saturated heterocycles. The minimum atomic E-state index is -0.520. The van der Waals surface area contributed by atoms with Crippen LogP contribution in [0.25, 0.3) is 0 Å². The van der Waals surface area contributed by atoms with Gasteiger partial charge in [-0.25, -0.2) is 0 Å². The second kappa shape index (κ2) is 7.81. The van der Waals surface area contributed by atoms with Crippen molar-refractivity contribution in [2.75, 3.05) is 13.1 Å². The number of likely N-dealkylation sites (N-methyl/N-ethyl adjacent to an activating group) is 1. The van der Waals surface area contributed by atoms with Crippen LogP contribution in [0.15, 0.2) is 18.2 Å². The summed E-state index contributed by atoms with van der Waals surface area (Å²) in [6.45, 7) is 5.33. The maximum Gasteiger partial charge on any atom is 0.270 e. The molecule has 0 spiro atoms. The van der Waals surface area contributed by atoms with Crippen LogP contribution in [-0.2, 0) is 11.2 Å². The van der Waals surface area contributed by atoms with Gasteiger partial charge in [-0.2, -0.15) is 0 Å². The number of nitrogens with zero attached hydrogens (tertiary/aromatic N) is 1. The molecule has 0 aliphatic heterocycles. The molecular formula is C13H18ClN3O3. The van der Waals surface area contributed by atoms with Gasteiger partial charge in [0.1, 0.15) is 0 Å². The van der Waals surface area contributed by atoms with Crippen LogP contribution in [-0.4, -0.2) is 30.0 Å². The molecule has 0 fully saturated rings. The van der Waals surface area contributed by atoms with Crippen LogP contribution >= 0.6 is 11.6 Å². The molecule has 0 radical (unpaired) electrons. The third kappa shape index (κ3) is 5.14. The summed E-state index contributed by atoms with van der Waals surface area (Å²) in [5.41, 5.74) is 0.491. The van der Waals surface area contributed by atoms with Crippen LogP contribution in [0, 0.1) is 10.1 Å². The molecule has 0 saturated carbocycles. The molecule has 0 aliphatic rings. The zero-order valence-electron chi connectivity index (χ0n) is 11.5. The summed E-state index contributed by atoms with van der Waals surface area (Å²) in [4.78, 5) is 21.8. The summed E-state index contributed by atoms with van der Waals surface area (Å²) in [7, 11) is 0. The lowest BCUT2D eigenvalue weighted by molar-refractivity contribution is -0.384. The second-order valence-electron chi connectivity index (χ2n) is 4.47. The smallest absolute Gasteiger partial charge is 0.270 e. The fourth-order valence-electron chi connectivity index (χ4n) is 1.72. The summed E-state index contributed by atoms with van der Waals surface area (Å²) >= 11 is 5.93. The van der Waals surface area contributed by atoms with Gasteiger partial charge in [0.25, 0.3) is 5.69 Å². The number of hydrogen-bond acceptors (Lipinski definition) is 4. The van der Waals surface area contributed by atoms with E-state index < -0.39 is 4.92 Å². The van der Waals surface area contributed by atoms with E-state index in [1.807, 2.05) is 13.8 Å². The molecule has 2 N–H and O–H groups in total. The summed E-state index contributed by atoms with van der Waals surface area (Å²) < 4.78 is 0. The quantitative estimate of drug-likeness (QED) is 0.595. The van der Waals surface area contributed by atoms with E-state index in [0.717, 1.165) is 6.54 Å². The summed E-state index contributed by atoms with van der Waals surface area (Å²) in [6, 6.07) is 4.30. The zero-order valence-corrected chi connectivity index (χ0v) is 12.2. The fourth-order valence-corrected chi connectivity index (χ4v) is 1.96. The molecule has 0 heterocycles. The highest BCUT2D eigenvalue weighted by atomic mass is 35.5. The second-order valence-corrected chi connectivity index (χ2v) is 4.88. The summed E-state index contributed by atoms with van der Waals surface area (Å²) in [5, 5.41) is 16.8. The van der Waals surface area contributed by atoms with E-state index in [9.17, 15) is 14.9 Å². The lowest BCUT2D eigenvalue weighted by Crippen LogP contribution is -2.39. The van der Waals surface area contributed by atoms with Crippen molar-refractivity contribution in [2.45, 2.75) is 26.3 Å². The highest BCUT2D eigenvalue weighted by Gasteiger charge is 2.12. The Morgan fingerprint density at radius 3 is 2.75 bits per heavy atom. The van der Waals surface area contributed by atoms with Gasteiger partial charge in [0.05, 0.1) is 16.4 Å². The van der Waals surface area contributed by atoms with Crippen molar-refractivity contribution in [2.24, 2.45) is 0 Å². The van der Waals surface area contributed by atoms with E-state index in [0.29, 0.717) is 12.1 Å². The molecular weight excluding hydrogens is 282 g/mol. The van der Waals surface area contributed by atoms with E-state index in [1.165, 1.54) is 18.2 Å². The Balaban J connectivity index is 2.56. The highest BCUT2D eigenvalue weighted by molar-refractivity contribution is 6.31. The number of amides is 1. The van der Waals surface area contributed by atoms with Crippen LogP contribution in [0.4, 0.5) is 5.69 Å². The molecule has 0 aliphatic carbocycles. The fraction of sp³-hybridized carbons (Fsp3) is 0.462. The van der Waals surface area contributed by atoms with Gasteiger partial charge in [0.2, 0.25) is 5.91 Å². The molecule has 0 aromatic heterocycles. The van der Waals surface area contributed by atoms with Crippen molar-refractivity contribution in [3.8, 4) is 0 Å². The first-order chi connectivity index (χ1) is 9.43. The van der Waals surface area contributed by atoms with Crippen LogP contribution in [0.3, 0.4) is 0 Å². The Kier molecular flexibility index (Phi) is 6.41. The molecule has 6 nitrogen and oxygen atoms in total. The van der Waals surface area contributed by atoms with Crippen molar-refractivity contribution in [3.05, 3.63) is 38.9 Å². The van der Waals surface area contributed by atoms with Crippen molar-refractivity contribution in [1.82, 2.24) is 10.6 Å². The van der Waals surface area contributed by atoms with E-state index in [-0.39, 0.29) is 29.1 Å². The largest absolute Gasteiger partial charge is 0.354 e. The van der Waals surface area contributed by atoms with Gasteiger partial charge in [-0.1, -0.05) is 24.6 Å². The SMILES string of the molecule is CCN[C@H](C)CNC(=O)Cc1ccc([N+](=O)[O-])cc1Cl. The summed E-state index contributed by atoms with van der Waals surface area (Å²) in [5.74, 6) is -0.162. The van der Waals surface area contributed by atoms with Gasteiger partial charge in [-0.05, 0) is 19.0 Å². The predicted octanol–water partition coefficient (Wildman–Crippen LogP) is 1.90. The Labute approximate surface area is 122 Å². The van der Waals surface area contributed by atoms with Crippen molar-refractivity contribution >= 4 is 23.2 Å². The molecule has 7 heteroatoms. The molecule has 1 atom stereocenters. The van der Waals surface area contributed by atoms with Gasteiger partial charge < -0.3 is 10.6 Å². The number of nitro benzene ring substituents is 1. The van der Waals surface area contributed by atoms with E-state index in [1.54, 1.807) is 0 Å².